The Morgan fingerprint density at radius 1 is 1.47 bits per heavy atom. The van der Waals surface area contributed by atoms with Crippen molar-refractivity contribution in [3.05, 3.63) is 35.9 Å². The van der Waals surface area contributed by atoms with E-state index >= 15 is 0 Å². The molecule has 0 spiro atoms. The molecule has 0 saturated carbocycles. The molecule has 15 heavy (non-hydrogen) atoms. The van der Waals surface area contributed by atoms with Crippen LogP contribution in [0.25, 0.3) is 0 Å². The van der Waals surface area contributed by atoms with Gasteiger partial charge in [0.05, 0.1) is 5.71 Å². The van der Waals surface area contributed by atoms with E-state index in [4.69, 9.17) is 10.0 Å². The third-order valence-corrected chi connectivity index (χ3v) is 2.18. The van der Waals surface area contributed by atoms with E-state index in [1.807, 2.05) is 30.3 Å². The zero-order valence-corrected chi connectivity index (χ0v) is 7.88. The average Bonchev–Trinajstić information content (AvgIpc) is 2.78. The summed E-state index contributed by atoms with van der Waals surface area (Å²) in [6, 6.07) is 9.45. The Hall–Kier alpha value is -1.88. The first kappa shape index (κ1) is 9.67. The molecular weight excluding hydrogens is 196 g/mol. The van der Waals surface area contributed by atoms with Gasteiger partial charge in [-0.3, -0.25) is 10.0 Å². The van der Waals surface area contributed by atoms with E-state index in [2.05, 4.69) is 5.16 Å². The first-order valence-corrected chi connectivity index (χ1v) is 4.53. The van der Waals surface area contributed by atoms with Gasteiger partial charge in [-0.25, -0.2) is 5.48 Å². The standard InChI is InChI=1S/C10H10N2O3/c13-10(11-14)9-6-8(12-15-9)7-4-2-1-3-5-7/h1-5,9,14H,6H2,(H,11,13). The maximum atomic E-state index is 11.0. The van der Waals surface area contributed by atoms with E-state index in [0.717, 1.165) is 5.56 Å². The first-order chi connectivity index (χ1) is 7.31. The first-order valence-electron chi connectivity index (χ1n) is 4.53. The number of nitrogens with zero attached hydrogens (tertiary/aromatic N) is 1. The van der Waals surface area contributed by atoms with Gasteiger partial charge in [-0.2, -0.15) is 0 Å². The van der Waals surface area contributed by atoms with Gasteiger partial charge in [0.2, 0.25) is 6.10 Å². The summed E-state index contributed by atoms with van der Waals surface area (Å²) in [4.78, 5) is 15.9. The molecular formula is C10H10N2O3. The molecule has 5 nitrogen and oxygen atoms in total. The predicted octanol–water partition coefficient (Wildman–Crippen LogP) is 0.685. The molecule has 2 N–H and O–H groups in total. The lowest BCUT2D eigenvalue weighted by molar-refractivity contribution is -0.139. The van der Waals surface area contributed by atoms with Crippen LogP contribution in [-0.4, -0.2) is 22.9 Å². The lowest BCUT2D eigenvalue weighted by Crippen LogP contribution is -2.32. The summed E-state index contributed by atoms with van der Waals surface area (Å²) in [5.74, 6) is -0.579. The monoisotopic (exact) mass is 206 g/mol. The Bertz CT molecular complexity index is 389. The van der Waals surface area contributed by atoms with Gasteiger partial charge in [-0.1, -0.05) is 35.5 Å². The summed E-state index contributed by atoms with van der Waals surface area (Å²) < 4.78 is 0. The van der Waals surface area contributed by atoms with Crippen LogP contribution in [0.5, 0.6) is 0 Å². The number of nitrogens with one attached hydrogen (secondary N) is 1. The molecule has 1 amide bonds. The van der Waals surface area contributed by atoms with Crippen molar-refractivity contribution in [3.8, 4) is 0 Å². The van der Waals surface area contributed by atoms with Gasteiger partial charge >= 0.3 is 0 Å². The largest absolute Gasteiger partial charge is 0.382 e. The molecule has 1 unspecified atom stereocenters. The molecule has 78 valence electrons. The Kier molecular flexibility index (Phi) is 2.64. The Morgan fingerprint density at radius 2 is 2.20 bits per heavy atom. The van der Waals surface area contributed by atoms with Crippen LogP contribution >= 0.6 is 0 Å². The fourth-order valence-electron chi connectivity index (χ4n) is 1.39. The normalized spacial score (nSPS) is 19.3. The van der Waals surface area contributed by atoms with Crippen molar-refractivity contribution < 1.29 is 14.8 Å². The number of hydroxylamine groups is 1. The molecule has 1 aliphatic rings. The van der Waals surface area contributed by atoms with Crippen molar-refractivity contribution in [3.63, 3.8) is 0 Å². The second kappa shape index (κ2) is 4.10. The highest BCUT2D eigenvalue weighted by Gasteiger charge is 2.28. The van der Waals surface area contributed by atoms with Crippen LogP contribution in [-0.2, 0) is 9.63 Å². The van der Waals surface area contributed by atoms with E-state index in [9.17, 15) is 4.79 Å². The van der Waals surface area contributed by atoms with E-state index in [0.29, 0.717) is 12.1 Å². The van der Waals surface area contributed by atoms with Gasteiger partial charge in [-0.05, 0) is 5.56 Å². The summed E-state index contributed by atoms with van der Waals surface area (Å²) in [5, 5.41) is 12.2. The minimum atomic E-state index is -0.731. The summed E-state index contributed by atoms with van der Waals surface area (Å²) in [6.07, 6.45) is -0.360. The zero-order valence-electron chi connectivity index (χ0n) is 7.88. The molecule has 1 heterocycles. The Balaban J connectivity index is 2.07. The van der Waals surface area contributed by atoms with Crippen molar-refractivity contribution in [2.45, 2.75) is 12.5 Å². The van der Waals surface area contributed by atoms with Crippen molar-refractivity contribution in [1.82, 2.24) is 5.48 Å². The number of hydrogen-bond donors (Lipinski definition) is 2. The van der Waals surface area contributed by atoms with Gasteiger partial charge in [-0.15, -0.1) is 0 Å². The van der Waals surface area contributed by atoms with Crippen molar-refractivity contribution in [2.24, 2.45) is 5.16 Å². The minimum absolute atomic E-state index is 0.371. The quantitative estimate of drug-likeness (QED) is 0.552. The highest BCUT2D eigenvalue weighted by atomic mass is 16.6. The lowest BCUT2D eigenvalue weighted by atomic mass is 10.1. The van der Waals surface area contributed by atoms with Gasteiger partial charge in [0.1, 0.15) is 0 Å². The fourth-order valence-corrected chi connectivity index (χ4v) is 1.39. The summed E-state index contributed by atoms with van der Waals surface area (Å²) in [6.45, 7) is 0. The van der Waals surface area contributed by atoms with E-state index in [-0.39, 0.29) is 0 Å². The van der Waals surface area contributed by atoms with Gasteiger partial charge in [0.25, 0.3) is 5.91 Å². The van der Waals surface area contributed by atoms with Gasteiger partial charge in [0.15, 0.2) is 0 Å². The minimum Gasteiger partial charge on any atom is -0.382 e. The number of rotatable bonds is 2. The molecule has 1 aromatic rings. The number of carbonyl (C=O) groups is 1. The van der Waals surface area contributed by atoms with Crippen LogP contribution < -0.4 is 5.48 Å². The highest BCUT2D eigenvalue weighted by molar-refractivity contribution is 6.03. The molecule has 0 bridgehead atoms. The van der Waals surface area contributed by atoms with Crippen molar-refractivity contribution >= 4 is 11.6 Å². The van der Waals surface area contributed by atoms with E-state index in [1.54, 1.807) is 5.48 Å². The third kappa shape index (κ3) is 1.97. The topological polar surface area (TPSA) is 70.9 Å². The zero-order chi connectivity index (χ0) is 10.7. The maximum absolute atomic E-state index is 11.0. The number of benzene rings is 1. The second-order valence-electron chi connectivity index (χ2n) is 3.18. The van der Waals surface area contributed by atoms with Gasteiger partial charge < -0.3 is 4.84 Å². The fraction of sp³-hybridized carbons (Fsp3) is 0.200. The van der Waals surface area contributed by atoms with Crippen molar-refractivity contribution in [2.75, 3.05) is 0 Å². The van der Waals surface area contributed by atoms with Crippen LogP contribution in [0.3, 0.4) is 0 Å². The third-order valence-electron chi connectivity index (χ3n) is 2.18. The number of hydrogen-bond acceptors (Lipinski definition) is 4. The molecule has 0 aliphatic carbocycles. The molecule has 1 aromatic carbocycles. The molecule has 0 fully saturated rings. The average molecular weight is 206 g/mol. The SMILES string of the molecule is O=C(NO)C1CC(c2ccccc2)=NO1. The van der Waals surface area contributed by atoms with Crippen LogP contribution in [0, 0.1) is 0 Å². The number of oxime groups is 1. The summed E-state index contributed by atoms with van der Waals surface area (Å²) >= 11 is 0. The maximum Gasteiger partial charge on any atom is 0.287 e. The molecule has 1 atom stereocenters. The van der Waals surface area contributed by atoms with Crippen LogP contribution in [0.1, 0.15) is 12.0 Å². The Morgan fingerprint density at radius 3 is 2.87 bits per heavy atom. The smallest absolute Gasteiger partial charge is 0.287 e. The van der Waals surface area contributed by atoms with Crippen LogP contribution in [0.4, 0.5) is 0 Å². The Labute approximate surface area is 86.3 Å². The summed E-state index contributed by atoms with van der Waals surface area (Å²) in [5.41, 5.74) is 3.18. The molecule has 5 heteroatoms. The molecule has 2 rings (SSSR count). The van der Waals surface area contributed by atoms with Crippen molar-refractivity contribution in [1.29, 1.82) is 0 Å². The number of amides is 1. The second-order valence-corrected chi connectivity index (χ2v) is 3.18. The van der Waals surface area contributed by atoms with Crippen LogP contribution in [0.15, 0.2) is 35.5 Å². The van der Waals surface area contributed by atoms with Gasteiger partial charge in [0, 0.05) is 6.42 Å². The molecule has 0 radical (unpaired) electrons. The van der Waals surface area contributed by atoms with E-state index < -0.39 is 12.0 Å². The number of carbonyl (C=O) groups excluding carboxylic acids is 1. The molecule has 0 aromatic heterocycles. The van der Waals surface area contributed by atoms with Crippen LogP contribution in [0.2, 0.25) is 0 Å². The highest BCUT2D eigenvalue weighted by Crippen LogP contribution is 2.16. The molecule has 0 saturated heterocycles. The van der Waals surface area contributed by atoms with E-state index in [1.165, 1.54) is 0 Å². The lowest BCUT2D eigenvalue weighted by Gasteiger charge is -2.03. The summed E-state index contributed by atoms with van der Waals surface area (Å²) in [7, 11) is 0. The predicted molar refractivity (Wildman–Crippen MR) is 52.4 cm³/mol. The molecule has 1 aliphatic heterocycles.